The van der Waals surface area contributed by atoms with Crippen molar-refractivity contribution in [2.24, 2.45) is 11.0 Å². The molecule has 2 N–H and O–H groups in total. The highest BCUT2D eigenvalue weighted by Gasteiger charge is 2.05. The highest BCUT2D eigenvalue weighted by atomic mass is 16.5. The van der Waals surface area contributed by atoms with Crippen molar-refractivity contribution in [1.29, 1.82) is 0 Å². The van der Waals surface area contributed by atoms with Gasteiger partial charge in [0.2, 0.25) is 5.91 Å². The van der Waals surface area contributed by atoms with Gasteiger partial charge in [0.1, 0.15) is 5.75 Å². The van der Waals surface area contributed by atoms with Crippen molar-refractivity contribution in [3.05, 3.63) is 29.8 Å². The number of hydrogen-bond acceptors (Lipinski definition) is 4. The third kappa shape index (κ3) is 6.88. The molecule has 22 heavy (non-hydrogen) atoms. The van der Waals surface area contributed by atoms with E-state index in [1.807, 2.05) is 13.8 Å². The molecule has 0 spiro atoms. The first-order valence-electron chi connectivity index (χ1n) is 7.23. The molecule has 0 unspecified atom stereocenters. The molecule has 0 aliphatic heterocycles. The Balaban J connectivity index is 2.44. The molecule has 1 rings (SSSR count). The maximum absolute atomic E-state index is 11.5. The van der Waals surface area contributed by atoms with Gasteiger partial charge in [-0.1, -0.05) is 13.8 Å². The lowest BCUT2D eigenvalue weighted by Gasteiger charge is -2.09. The van der Waals surface area contributed by atoms with Crippen molar-refractivity contribution in [1.82, 2.24) is 10.7 Å². The number of ether oxygens (including phenoxy) is 1. The van der Waals surface area contributed by atoms with Crippen LogP contribution in [0.1, 0.15) is 33.3 Å². The molecule has 1 aromatic rings. The topological polar surface area (TPSA) is 79.8 Å². The summed E-state index contributed by atoms with van der Waals surface area (Å²) in [5.74, 6) is 0.205. The molecule has 0 saturated heterocycles. The number of nitrogens with one attached hydrogen (secondary N) is 2. The fourth-order valence-corrected chi connectivity index (χ4v) is 1.46. The Labute approximate surface area is 130 Å². The van der Waals surface area contributed by atoms with Gasteiger partial charge in [0.25, 0.3) is 5.91 Å². The van der Waals surface area contributed by atoms with E-state index in [0.29, 0.717) is 5.75 Å². The maximum atomic E-state index is 11.5. The zero-order valence-corrected chi connectivity index (χ0v) is 13.4. The minimum atomic E-state index is -0.156. The third-order valence-electron chi connectivity index (χ3n) is 2.61. The first-order valence-corrected chi connectivity index (χ1v) is 7.23. The molecule has 0 aliphatic carbocycles. The fraction of sp³-hybridized carbons (Fsp3) is 0.438. The lowest BCUT2D eigenvalue weighted by atomic mass is 10.2. The van der Waals surface area contributed by atoms with E-state index in [1.54, 1.807) is 44.3 Å². The van der Waals surface area contributed by atoms with Crippen LogP contribution in [0.3, 0.4) is 0 Å². The van der Waals surface area contributed by atoms with Gasteiger partial charge in [-0.15, -0.1) is 0 Å². The Morgan fingerprint density at radius 1 is 1.18 bits per heavy atom. The second kappa shape index (κ2) is 8.81. The van der Waals surface area contributed by atoms with Crippen LogP contribution in [-0.4, -0.2) is 30.7 Å². The van der Waals surface area contributed by atoms with Crippen LogP contribution >= 0.6 is 0 Å². The summed E-state index contributed by atoms with van der Waals surface area (Å²) in [6, 6.07) is 7.17. The van der Waals surface area contributed by atoms with Crippen molar-refractivity contribution in [3.8, 4) is 5.75 Å². The smallest absolute Gasteiger partial charge is 0.258 e. The Hall–Kier alpha value is -2.37. The molecule has 120 valence electrons. The van der Waals surface area contributed by atoms with E-state index in [0.717, 1.165) is 5.56 Å². The summed E-state index contributed by atoms with van der Waals surface area (Å²) in [5, 5.41) is 6.62. The van der Waals surface area contributed by atoms with E-state index in [1.165, 1.54) is 0 Å². The number of carbonyl (C=O) groups is 2. The lowest BCUT2D eigenvalue weighted by molar-refractivity contribution is -0.124. The van der Waals surface area contributed by atoms with Crippen LogP contribution < -0.4 is 15.5 Å². The normalized spacial score (nSPS) is 11.0. The Morgan fingerprint density at radius 3 is 2.36 bits per heavy atom. The van der Waals surface area contributed by atoms with Gasteiger partial charge in [0.15, 0.2) is 6.61 Å². The quantitative estimate of drug-likeness (QED) is 0.594. The molecule has 0 fully saturated rings. The number of benzene rings is 1. The summed E-state index contributed by atoms with van der Waals surface area (Å²) in [5.41, 5.74) is 3.27. The summed E-state index contributed by atoms with van der Waals surface area (Å²) in [6.07, 6.45) is 1.55. The standard InChI is InChI=1S/C16H23N3O3/c1-11(2)16(21)19-17-9-13-5-7-14(8-6-13)22-10-15(20)18-12(3)4/h5-9,11-12H,10H2,1-4H3,(H,18,20)(H,19,21)/b17-9+. The first kappa shape index (κ1) is 17.7. The Bertz CT molecular complexity index is 522. The first-order chi connectivity index (χ1) is 10.4. The fourth-order valence-electron chi connectivity index (χ4n) is 1.46. The molecule has 6 nitrogen and oxygen atoms in total. The summed E-state index contributed by atoms with van der Waals surface area (Å²) < 4.78 is 5.37. The molecule has 1 aromatic carbocycles. The zero-order valence-electron chi connectivity index (χ0n) is 13.4. The van der Waals surface area contributed by atoms with E-state index in [4.69, 9.17) is 4.74 Å². The van der Waals surface area contributed by atoms with Crippen molar-refractivity contribution in [3.63, 3.8) is 0 Å². The van der Waals surface area contributed by atoms with Crippen molar-refractivity contribution < 1.29 is 14.3 Å². The van der Waals surface area contributed by atoms with Gasteiger partial charge < -0.3 is 10.1 Å². The molecule has 0 aliphatic rings. The molecule has 0 heterocycles. The van der Waals surface area contributed by atoms with Gasteiger partial charge in [-0.2, -0.15) is 5.10 Å². The molecule has 6 heteroatoms. The number of nitrogens with zero attached hydrogens (tertiary/aromatic N) is 1. The third-order valence-corrected chi connectivity index (χ3v) is 2.61. The molecule has 0 bridgehead atoms. The molecule has 0 radical (unpaired) electrons. The summed E-state index contributed by atoms with van der Waals surface area (Å²) >= 11 is 0. The zero-order chi connectivity index (χ0) is 16.5. The van der Waals surface area contributed by atoms with Crippen molar-refractivity contribution >= 4 is 18.0 Å². The lowest BCUT2D eigenvalue weighted by Crippen LogP contribution is -2.34. The Kier molecular flexibility index (Phi) is 7.08. The highest BCUT2D eigenvalue weighted by molar-refractivity contribution is 5.83. The minimum absolute atomic E-state index is 0.0178. The second-order valence-corrected chi connectivity index (χ2v) is 5.47. The second-order valence-electron chi connectivity index (χ2n) is 5.47. The van der Waals surface area contributed by atoms with Crippen molar-refractivity contribution in [2.45, 2.75) is 33.7 Å². The van der Waals surface area contributed by atoms with Crippen LogP contribution in [0.2, 0.25) is 0 Å². The molecule has 0 aromatic heterocycles. The summed E-state index contributed by atoms with van der Waals surface area (Å²) in [7, 11) is 0. The molecule has 2 amide bonds. The molecular weight excluding hydrogens is 282 g/mol. The number of hydrogen-bond donors (Lipinski definition) is 2. The van der Waals surface area contributed by atoms with Crippen LogP contribution in [0.15, 0.2) is 29.4 Å². The van der Waals surface area contributed by atoms with Crippen LogP contribution in [0.25, 0.3) is 0 Å². The highest BCUT2D eigenvalue weighted by Crippen LogP contribution is 2.10. The number of hydrazone groups is 1. The largest absolute Gasteiger partial charge is 0.484 e. The van der Waals surface area contributed by atoms with Crippen LogP contribution in [0.5, 0.6) is 5.75 Å². The van der Waals surface area contributed by atoms with Gasteiger partial charge in [0.05, 0.1) is 6.21 Å². The van der Waals surface area contributed by atoms with E-state index in [2.05, 4.69) is 15.8 Å². The van der Waals surface area contributed by atoms with Crippen molar-refractivity contribution in [2.75, 3.05) is 6.61 Å². The monoisotopic (exact) mass is 305 g/mol. The van der Waals surface area contributed by atoms with Gasteiger partial charge >= 0.3 is 0 Å². The van der Waals surface area contributed by atoms with Gasteiger partial charge in [-0.25, -0.2) is 5.43 Å². The van der Waals surface area contributed by atoms with E-state index in [9.17, 15) is 9.59 Å². The van der Waals surface area contributed by atoms with E-state index < -0.39 is 0 Å². The number of rotatable bonds is 7. The van der Waals surface area contributed by atoms with E-state index >= 15 is 0 Å². The summed E-state index contributed by atoms with van der Waals surface area (Å²) in [6.45, 7) is 7.36. The molecule has 0 saturated carbocycles. The number of carbonyl (C=O) groups excluding carboxylic acids is 2. The predicted molar refractivity (Wildman–Crippen MR) is 85.8 cm³/mol. The maximum Gasteiger partial charge on any atom is 0.258 e. The van der Waals surface area contributed by atoms with Crippen LogP contribution in [0.4, 0.5) is 0 Å². The SMILES string of the molecule is CC(C)NC(=O)COc1ccc(/C=N/NC(=O)C(C)C)cc1. The minimum Gasteiger partial charge on any atom is -0.484 e. The van der Waals surface area contributed by atoms with Crippen LogP contribution in [-0.2, 0) is 9.59 Å². The number of amides is 2. The Morgan fingerprint density at radius 2 is 1.82 bits per heavy atom. The molecule has 0 atom stereocenters. The molecular formula is C16H23N3O3. The van der Waals surface area contributed by atoms with Gasteiger partial charge in [0, 0.05) is 12.0 Å². The summed E-state index contributed by atoms with van der Waals surface area (Å²) in [4.78, 5) is 22.8. The predicted octanol–water partition coefficient (Wildman–Crippen LogP) is 1.70. The van der Waals surface area contributed by atoms with Gasteiger partial charge in [-0.3, -0.25) is 9.59 Å². The average Bonchev–Trinajstić information content (AvgIpc) is 2.45. The van der Waals surface area contributed by atoms with Gasteiger partial charge in [-0.05, 0) is 43.7 Å². The van der Waals surface area contributed by atoms with Crippen LogP contribution in [0, 0.1) is 5.92 Å². The average molecular weight is 305 g/mol. The van der Waals surface area contributed by atoms with E-state index in [-0.39, 0.29) is 30.4 Å².